The molecule has 3 heterocycles. The molecule has 4 aromatic rings. The maximum absolute atomic E-state index is 12.3. The number of rotatable bonds is 4. The Hall–Kier alpha value is -2.80. The Morgan fingerprint density at radius 2 is 2.18 bits per heavy atom. The molecule has 1 saturated carbocycles. The zero-order valence-electron chi connectivity index (χ0n) is 15.8. The van der Waals surface area contributed by atoms with Crippen LogP contribution in [0.4, 0.5) is 0 Å². The third-order valence-electron chi connectivity index (χ3n) is 5.57. The van der Waals surface area contributed by atoms with E-state index >= 15 is 0 Å². The van der Waals surface area contributed by atoms with Crippen molar-refractivity contribution in [3.05, 3.63) is 42.4 Å². The van der Waals surface area contributed by atoms with Crippen molar-refractivity contribution in [3.8, 4) is 10.6 Å². The fourth-order valence-electron chi connectivity index (χ4n) is 3.65. The van der Waals surface area contributed by atoms with Gasteiger partial charge < -0.3 is 9.88 Å². The molecule has 0 unspecified atom stereocenters. The van der Waals surface area contributed by atoms with Gasteiger partial charge in [-0.25, -0.2) is 15.0 Å². The number of imidazole rings is 1. The fraction of sp³-hybridized carbons (Fsp3) is 0.333. The Bertz CT molecular complexity index is 1190. The summed E-state index contributed by atoms with van der Waals surface area (Å²) < 4.78 is 1.98. The van der Waals surface area contributed by atoms with E-state index in [0.29, 0.717) is 0 Å². The Morgan fingerprint density at radius 1 is 1.32 bits per heavy atom. The molecule has 1 atom stereocenters. The number of amides is 1. The molecule has 1 aliphatic carbocycles. The van der Waals surface area contributed by atoms with Crippen LogP contribution >= 0.6 is 11.3 Å². The third-order valence-corrected chi connectivity index (χ3v) is 6.58. The molecule has 1 aromatic carbocycles. The SMILES string of the molecule is C[C@H](NC(=O)C1CCC1)c1cccc(-c2nc3c(ncc4ncn(C)c43)s2)c1. The summed E-state index contributed by atoms with van der Waals surface area (Å²) in [6.45, 7) is 2.04. The van der Waals surface area contributed by atoms with Gasteiger partial charge in [0.05, 0.1) is 24.1 Å². The van der Waals surface area contributed by atoms with Gasteiger partial charge in [-0.05, 0) is 31.4 Å². The molecular formula is C21H21N5OS. The van der Waals surface area contributed by atoms with Crippen LogP contribution in [0.5, 0.6) is 0 Å². The molecule has 0 radical (unpaired) electrons. The number of benzene rings is 1. The lowest BCUT2D eigenvalue weighted by molar-refractivity contribution is -0.128. The number of nitrogens with zero attached hydrogens (tertiary/aromatic N) is 4. The Balaban J connectivity index is 1.48. The highest BCUT2D eigenvalue weighted by Crippen LogP contribution is 2.33. The van der Waals surface area contributed by atoms with E-state index in [4.69, 9.17) is 4.98 Å². The van der Waals surface area contributed by atoms with Crippen LogP contribution in [0.15, 0.2) is 36.8 Å². The van der Waals surface area contributed by atoms with Crippen molar-refractivity contribution in [1.82, 2.24) is 24.8 Å². The number of aryl methyl sites for hydroxylation is 1. The van der Waals surface area contributed by atoms with E-state index in [1.807, 2.05) is 24.6 Å². The summed E-state index contributed by atoms with van der Waals surface area (Å²) in [5, 5.41) is 4.08. The molecule has 1 fully saturated rings. The summed E-state index contributed by atoms with van der Waals surface area (Å²) in [6, 6.07) is 8.23. The van der Waals surface area contributed by atoms with Crippen molar-refractivity contribution in [2.45, 2.75) is 32.2 Å². The van der Waals surface area contributed by atoms with Gasteiger partial charge in [0.25, 0.3) is 0 Å². The van der Waals surface area contributed by atoms with Gasteiger partial charge in [0, 0.05) is 18.5 Å². The lowest BCUT2D eigenvalue weighted by atomic mass is 9.84. The first-order valence-electron chi connectivity index (χ1n) is 9.57. The summed E-state index contributed by atoms with van der Waals surface area (Å²) in [4.78, 5) is 26.9. The molecule has 6 nitrogen and oxygen atoms in total. The Labute approximate surface area is 166 Å². The van der Waals surface area contributed by atoms with Crippen molar-refractivity contribution in [1.29, 1.82) is 0 Å². The van der Waals surface area contributed by atoms with Crippen LogP contribution in [0, 0.1) is 5.92 Å². The molecule has 1 amide bonds. The molecule has 0 spiro atoms. The Kier molecular flexibility index (Phi) is 4.12. The number of hydrogen-bond donors (Lipinski definition) is 1. The van der Waals surface area contributed by atoms with Crippen molar-refractivity contribution in [2.75, 3.05) is 0 Å². The highest BCUT2D eigenvalue weighted by molar-refractivity contribution is 7.21. The van der Waals surface area contributed by atoms with Gasteiger partial charge in [0.1, 0.15) is 20.9 Å². The van der Waals surface area contributed by atoms with E-state index in [9.17, 15) is 4.79 Å². The van der Waals surface area contributed by atoms with E-state index in [2.05, 4.69) is 33.5 Å². The lowest BCUT2D eigenvalue weighted by Gasteiger charge is -2.26. The number of fused-ring (bicyclic) bond motifs is 3. The highest BCUT2D eigenvalue weighted by Gasteiger charge is 2.26. The molecule has 142 valence electrons. The monoisotopic (exact) mass is 391 g/mol. The molecule has 0 aliphatic heterocycles. The van der Waals surface area contributed by atoms with Gasteiger partial charge in [-0.2, -0.15) is 0 Å². The van der Waals surface area contributed by atoms with Gasteiger partial charge in [-0.15, -0.1) is 0 Å². The number of thiazole rings is 1. The molecule has 0 bridgehead atoms. The molecule has 0 saturated heterocycles. The zero-order valence-corrected chi connectivity index (χ0v) is 16.7. The molecule has 1 aliphatic rings. The summed E-state index contributed by atoms with van der Waals surface area (Å²) in [7, 11) is 1.97. The van der Waals surface area contributed by atoms with Gasteiger partial charge in [-0.1, -0.05) is 36.0 Å². The fourth-order valence-corrected chi connectivity index (χ4v) is 4.56. The summed E-state index contributed by atoms with van der Waals surface area (Å²) in [6.07, 6.45) is 6.78. The second kappa shape index (κ2) is 6.67. The van der Waals surface area contributed by atoms with Crippen LogP contribution < -0.4 is 5.32 Å². The van der Waals surface area contributed by atoms with Gasteiger partial charge in [0.15, 0.2) is 0 Å². The maximum Gasteiger partial charge on any atom is 0.223 e. The molecule has 7 heteroatoms. The smallest absolute Gasteiger partial charge is 0.223 e. The van der Waals surface area contributed by atoms with Crippen LogP contribution in [-0.4, -0.2) is 25.4 Å². The van der Waals surface area contributed by atoms with Crippen molar-refractivity contribution < 1.29 is 4.79 Å². The average Bonchev–Trinajstić information content (AvgIpc) is 3.23. The highest BCUT2D eigenvalue weighted by atomic mass is 32.1. The van der Waals surface area contributed by atoms with Crippen LogP contribution in [-0.2, 0) is 11.8 Å². The van der Waals surface area contributed by atoms with E-state index in [1.165, 1.54) is 0 Å². The van der Waals surface area contributed by atoms with Crippen molar-refractivity contribution >= 4 is 38.6 Å². The number of nitrogens with one attached hydrogen (secondary N) is 1. The second-order valence-electron chi connectivity index (χ2n) is 7.50. The van der Waals surface area contributed by atoms with Gasteiger partial charge in [-0.3, -0.25) is 4.79 Å². The first-order chi connectivity index (χ1) is 13.6. The maximum atomic E-state index is 12.3. The standard InChI is InChI=1S/C21H21N5OS/c1-12(24-19(27)13-5-3-6-13)14-7-4-8-15(9-14)20-25-17-18-16(23-11-26(18)2)10-22-21(17)28-20/h4,7-13H,3,5-6H2,1-2H3,(H,24,27)/t12-/m0/s1. The number of pyridine rings is 1. The topological polar surface area (TPSA) is 72.7 Å². The summed E-state index contributed by atoms with van der Waals surface area (Å²) >= 11 is 1.58. The molecule has 5 rings (SSSR count). The summed E-state index contributed by atoms with van der Waals surface area (Å²) in [5.41, 5.74) is 4.87. The van der Waals surface area contributed by atoms with Crippen LogP contribution in [0.3, 0.4) is 0 Å². The first kappa shape index (κ1) is 17.3. The normalized spacial score (nSPS) is 15.6. The quantitative estimate of drug-likeness (QED) is 0.565. The number of hydrogen-bond acceptors (Lipinski definition) is 5. The minimum Gasteiger partial charge on any atom is -0.349 e. The van der Waals surface area contributed by atoms with Crippen molar-refractivity contribution in [2.24, 2.45) is 13.0 Å². The van der Waals surface area contributed by atoms with E-state index in [1.54, 1.807) is 23.9 Å². The summed E-state index contributed by atoms with van der Waals surface area (Å²) in [5.74, 6) is 0.370. The predicted molar refractivity (Wildman–Crippen MR) is 111 cm³/mol. The lowest BCUT2D eigenvalue weighted by Crippen LogP contribution is -2.35. The van der Waals surface area contributed by atoms with E-state index in [-0.39, 0.29) is 17.9 Å². The third kappa shape index (κ3) is 2.86. The largest absolute Gasteiger partial charge is 0.349 e. The van der Waals surface area contributed by atoms with Crippen LogP contribution in [0.25, 0.3) is 32.0 Å². The second-order valence-corrected chi connectivity index (χ2v) is 8.48. The zero-order chi connectivity index (χ0) is 19.3. The Morgan fingerprint density at radius 3 is 2.96 bits per heavy atom. The van der Waals surface area contributed by atoms with Gasteiger partial charge >= 0.3 is 0 Å². The number of carbonyl (C=O) groups excluding carboxylic acids is 1. The molecular weight excluding hydrogens is 370 g/mol. The molecule has 1 N–H and O–H groups in total. The first-order valence-corrected chi connectivity index (χ1v) is 10.4. The van der Waals surface area contributed by atoms with Crippen molar-refractivity contribution in [3.63, 3.8) is 0 Å². The van der Waals surface area contributed by atoms with Gasteiger partial charge in [0.2, 0.25) is 5.91 Å². The van der Waals surface area contributed by atoms with E-state index < -0.39 is 0 Å². The predicted octanol–water partition coefficient (Wildman–Crippen LogP) is 4.22. The molecule has 3 aromatic heterocycles. The number of aromatic nitrogens is 4. The van der Waals surface area contributed by atoms with Crippen LogP contribution in [0.1, 0.15) is 37.8 Å². The van der Waals surface area contributed by atoms with E-state index in [0.717, 1.165) is 56.8 Å². The minimum absolute atomic E-state index is 0.0238. The van der Waals surface area contributed by atoms with Crippen LogP contribution in [0.2, 0.25) is 0 Å². The average molecular weight is 392 g/mol. The molecule has 28 heavy (non-hydrogen) atoms. The minimum atomic E-state index is -0.0238. The number of carbonyl (C=O) groups is 1.